The molecule has 0 aliphatic heterocycles. The largest absolute Gasteiger partial charge is 0.347 e. The highest BCUT2D eigenvalue weighted by Crippen LogP contribution is 2.24. The number of benzene rings is 1. The fraction of sp³-hybridized carbons (Fsp3) is 0.348. The summed E-state index contributed by atoms with van der Waals surface area (Å²) in [5, 5.41) is 11.0. The standard InChI is InChI=1S/C23H26FN5O/c1-29-21-7-6-19(26-13-10-16-8-11-25-12-9-16)14-20(21)22(28-29)23(30)27-15-17-2-4-18(24)5-3-17/h2-5,8-9,11-12,19,26H,6-7,10,13-15H2,1H3,(H,27,30). The van der Waals surface area contributed by atoms with Gasteiger partial charge in [-0.05, 0) is 67.6 Å². The zero-order valence-corrected chi connectivity index (χ0v) is 17.1. The van der Waals surface area contributed by atoms with E-state index in [1.807, 2.05) is 36.3 Å². The summed E-state index contributed by atoms with van der Waals surface area (Å²) in [7, 11) is 1.90. The molecule has 1 aliphatic rings. The van der Waals surface area contributed by atoms with Crippen LogP contribution in [0, 0.1) is 5.82 Å². The number of fused-ring (bicyclic) bond motifs is 1. The first kappa shape index (κ1) is 20.2. The van der Waals surface area contributed by atoms with Crippen LogP contribution in [-0.4, -0.2) is 33.3 Å². The van der Waals surface area contributed by atoms with Gasteiger partial charge in [0, 0.05) is 43.3 Å². The summed E-state index contributed by atoms with van der Waals surface area (Å²) in [6.07, 6.45) is 7.29. The molecule has 1 aliphatic carbocycles. The predicted octanol–water partition coefficient (Wildman–Crippen LogP) is 2.57. The van der Waals surface area contributed by atoms with E-state index >= 15 is 0 Å². The van der Waals surface area contributed by atoms with E-state index in [2.05, 4.69) is 20.7 Å². The third-order valence-electron chi connectivity index (χ3n) is 5.63. The third kappa shape index (κ3) is 4.74. The molecule has 1 aromatic carbocycles. The van der Waals surface area contributed by atoms with Gasteiger partial charge >= 0.3 is 0 Å². The Morgan fingerprint density at radius 3 is 2.70 bits per heavy atom. The maximum Gasteiger partial charge on any atom is 0.272 e. The van der Waals surface area contributed by atoms with Crippen molar-refractivity contribution >= 4 is 5.91 Å². The van der Waals surface area contributed by atoms with Crippen LogP contribution in [-0.2, 0) is 32.9 Å². The van der Waals surface area contributed by atoms with Crippen LogP contribution in [0.1, 0.15) is 39.3 Å². The first-order valence-corrected chi connectivity index (χ1v) is 10.3. The Kier molecular flexibility index (Phi) is 6.18. The number of amides is 1. The number of halogens is 1. The van der Waals surface area contributed by atoms with E-state index < -0.39 is 0 Å². The fourth-order valence-corrected chi connectivity index (χ4v) is 3.98. The van der Waals surface area contributed by atoms with Crippen molar-refractivity contribution in [3.63, 3.8) is 0 Å². The minimum absolute atomic E-state index is 0.186. The molecule has 1 amide bonds. The molecular formula is C23H26FN5O. The molecule has 2 heterocycles. The van der Waals surface area contributed by atoms with Crippen molar-refractivity contribution in [3.05, 3.63) is 82.7 Å². The van der Waals surface area contributed by atoms with Gasteiger partial charge < -0.3 is 10.6 Å². The average Bonchev–Trinajstić information content (AvgIpc) is 3.10. The molecule has 0 saturated heterocycles. The fourth-order valence-electron chi connectivity index (χ4n) is 3.98. The molecule has 0 spiro atoms. The highest BCUT2D eigenvalue weighted by Gasteiger charge is 2.28. The molecule has 4 rings (SSSR count). The zero-order valence-electron chi connectivity index (χ0n) is 17.1. The van der Waals surface area contributed by atoms with Crippen molar-refractivity contribution in [2.75, 3.05) is 6.54 Å². The quantitative estimate of drug-likeness (QED) is 0.632. The number of aryl methyl sites for hydroxylation is 1. The molecule has 156 valence electrons. The molecule has 7 heteroatoms. The highest BCUT2D eigenvalue weighted by molar-refractivity contribution is 5.94. The number of hydrogen-bond acceptors (Lipinski definition) is 4. The van der Waals surface area contributed by atoms with Crippen LogP contribution >= 0.6 is 0 Å². The molecule has 30 heavy (non-hydrogen) atoms. The average molecular weight is 407 g/mol. The van der Waals surface area contributed by atoms with Crippen LogP contribution in [0.2, 0.25) is 0 Å². The van der Waals surface area contributed by atoms with E-state index in [9.17, 15) is 9.18 Å². The molecular weight excluding hydrogens is 381 g/mol. The lowest BCUT2D eigenvalue weighted by atomic mass is 9.91. The molecule has 1 unspecified atom stereocenters. The van der Waals surface area contributed by atoms with Gasteiger partial charge in [0.05, 0.1) is 0 Å². The van der Waals surface area contributed by atoms with Crippen molar-refractivity contribution in [2.24, 2.45) is 7.05 Å². The summed E-state index contributed by atoms with van der Waals surface area (Å²) in [5.41, 5.74) is 4.77. The first-order valence-electron chi connectivity index (χ1n) is 10.3. The second kappa shape index (κ2) is 9.17. The second-order valence-corrected chi connectivity index (χ2v) is 7.71. The summed E-state index contributed by atoms with van der Waals surface area (Å²) in [5.74, 6) is -0.472. The van der Waals surface area contributed by atoms with Crippen LogP contribution in [0.15, 0.2) is 48.8 Å². The Morgan fingerprint density at radius 1 is 1.17 bits per heavy atom. The topological polar surface area (TPSA) is 71.8 Å². The number of aromatic nitrogens is 3. The molecule has 0 bridgehead atoms. The van der Waals surface area contributed by atoms with Gasteiger partial charge in [-0.3, -0.25) is 14.5 Å². The van der Waals surface area contributed by atoms with Crippen LogP contribution < -0.4 is 10.6 Å². The van der Waals surface area contributed by atoms with Crippen molar-refractivity contribution in [2.45, 2.75) is 38.3 Å². The van der Waals surface area contributed by atoms with Crippen LogP contribution in [0.25, 0.3) is 0 Å². The van der Waals surface area contributed by atoms with Crippen LogP contribution in [0.3, 0.4) is 0 Å². The molecule has 2 aromatic heterocycles. The van der Waals surface area contributed by atoms with Gasteiger partial charge in [0.25, 0.3) is 5.91 Å². The summed E-state index contributed by atoms with van der Waals surface area (Å²) >= 11 is 0. The predicted molar refractivity (Wildman–Crippen MR) is 113 cm³/mol. The molecule has 2 N–H and O–H groups in total. The van der Waals surface area contributed by atoms with Gasteiger partial charge in [0.2, 0.25) is 0 Å². The number of nitrogens with one attached hydrogen (secondary N) is 2. The van der Waals surface area contributed by atoms with Gasteiger partial charge in [0.1, 0.15) is 5.82 Å². The number of hydrogen-bond donors (Lipinski definition) is 2. The molecule has 0 saturated carbocycles. The second-order valence-electron chi connectivity index (χ2n) is 7.71. The minimum Gasteiger partial charge on any atom is -0.347 e. The Morgan fingerprint density at radius 2 is 1.93 bits per heavy atom. The Labute approximate surface area is 175 Å². The summed E-state index contributed by atoms with van der Waals surface area (Å²) in [4.78, 5) is 16.8. The van der Waals surface area contributed by atoms with E-state index in [1.54, 1.807) is 12.1 Å². The normalized spacial score (nSPS) is 15.6. The lowest BCUT2D eigenvalue weighted by Gasteiger charge is -2.24. The van der Waals surface area contributed by atoms with Crippen molar-refractivity contribution in [1.82, 2.24) is 25.4 Å². The van der Waals surface area contributed by atoms with Gasteiger partial charge in [-0.1, -0.05) is 12.1 Å². The lowest BCUT2D eigenvalue weighted by Crippen LogP contribution is -2.36. The van der Waals surface area contributed by atoms with E-state index in [0.717, 1.165) is 49.0 Å². The smallest absolute Gasteiger partial charge is 0.272 e. The lowest BCUT2D eigenvalue weighted by molar-refractivity contribution is 0.0944. The first-order chi connectivity index (χ1) is 14.6. The summed E-state index contributed by atoms with van der Waals surface area (Å²) in [6, 6.07) is 10.5. The Bertz CT molecular complexity index is 1000. The van der Waals surface area contributed by atoms with Crippen molar-refractivity contribution in [3.8, 4) is 0 Å². The summed E-state index contributed by atoms with van der Waals surface area (Å²) in [6.45, 7) is 1.23. The molecule has 0 fully saturated rings. The SMILES string of the molecule is Cn1nc(C(=O)NCc2ccc(F)cc2)c2c1CCC(NCCc1ccncc1)C2. The third-order valence-corrected chi connectivity index (χ3v) is 5.63. The number of carbonyl (C=O) groups is 1. The van der Waals surface area contributed by atoms with Gasteiger partial charge in [-0.25, -0.2) is 4.39 Å². The van der Waals surface area contributed by atoms with Gasteiger partial charge in [0.15, 0.2) is 5.69 Å². The molecule has 3 aromatic rings. The van der Waals surface area contributed by atoms with Crippen LogP contribution in [0.5, 0.6) is 0 Å². The van der Waals surface area contributed by atoms with E-state index in [4.69, 9.17) is 0 Å². The Balaban J connectivity index is 1.37. The minimum atomic E-state index is -0.286. The number of carbonyl (C=O) groups excluding carboxylic acids is 1. The van der Waals surface area contributed by atoms with Crippen molar-refractivity contribution < 1.29 is 9.18 Å². The molecule has 1 atom stereocenters. The molecule has 6 nitrogen and oxygen atoms in total. The number of pyridine rings is 1. The Hall–Kier alpha value is -3.06. The number of rotatable bonds is 7. The van der Waals surface area contributed by atoms with Gasteiger partial charge in [-0.2, -0.15) is 5.10 Å². The maximum atomic E-state index is 13.1. The zero-order chi connectivity index (χ0) is 20.9. The maximum absolute atomic E-state index is 13.1. The van der Waals surface area contributed by atoms with Crippen molar-refractivity contribution in [1.29, 1.82) is 0 Å². The van der Waals surface area contributed by atoms with Crippen LogP contribution in [0.4, 0.5) is 4.39 Å². The van der Waals surface area contributed by atoms with E-state index in [0.29, 0.717) is 18.3 Å². The highest BCUT2D eigenvalue weighted by atomic mass is 19.1. The molecule has 0 radical (unpaired) electrons. The van der Waals surface area contributed by atoms with E-state index in [1.165, 1.54) is 17.7 Å². The van der Waals surface area contributed by atoms with Gasteiger partial charge in [-0.15, -0.1) is 0 Å². The monoisotopic (exact) mass is 407 g/mol. The number of nitrogens with zero attached hydrogens (tertiary/aromatic N) is 3. The van der Waals surface area contributed by atoms with E-state index in [-0.39, 0.29) is 11.7 Å². The summed E-state index contributed by atoms with van der Waals surface area (Å²) < 4.78 is 14.9.